The lowest BCUT2D eigenvalue weighted by Gasteiger charge is -2.31. The number of nitrogens with one attached hydrogen (secondary N) is 1. The van der Waals surface area contributed by atoms with Crippen LogP contribution < -0.4 is 14.8 Å². The maximum atomic E-state index is 14.6. The number of amides is 2. The molecule has 0 spiro atoms. The molecule has 0 saturated heterocycles. The Morgan fingerprint density at radius 1 is 0.917 bits per heavy atom. The molecule has 1 atom stereocenters. The smallest absolute Gasteiger partial charge is 0.243 e. The maximum Gasteiger partial charge on any atom is 0.243 e. The van der Waals surface area contributed by atoms with Crippen LogP contribution in [-0.4, -0.2) is 43.5 Å². The third-order valence-electron chi connectivity index (χ3n) is 6.00. The molecule has 0 saturated carbocycles. The van der Waals surface area contributed by atoms with E-state index < -0.39 is 11.9 Å². The molecule has 3 aromatic carbocycles. The van der Waals surface area contributed by atoms with E-state index in [1.807, 2.05) is 49.4 Å². The topological polar surface area (TPSA) is 67.9 Å². The number of carbonyl (C=O) groups excluding carboxylic acids is 2. The van der Waals surface area contributed by atoms with E-state index in [0.717, 1.165) is 11.1 Å². The van der Waals surface area contributed by atoms with Crippen molar-refractivity contribution >= 4 is 11.8 Å². The van der Waals surface area contributed by atoms with Gasteiger partial charge in [-0.05, 0) is 42.7 Å². The number of benzene rings is 3. The second-order valence-corrected chi connectivity index (χ2v) is 8.40. The quantitative estimate of drug-likeness (QED) is 0.403. The fraction of sp³-hybridized carbons (Fsp3) is 0.310. The van der Waals surface area contributed by atoms with Crippen molar-refractivity contribution in [1.29, 1.82) is 0 Å². The van der Waals surface area contributed by atoms with Crippen molar-refractivity contribution in [2.45, 2.75) is 38.8 Å². The third kappa shape index (κ3) is 7.07. The highest BCUT2D eigenvalue weighted by Gasteiger charge is 2.30. The van der Waals surface area contributed by atoms with Gasteiger partial charge in [0.05, 0.1) is 14.2 Å². The average Bonchev–Trinajstić information content (AvgIpc) is 2.90. The maximum absolute atomic E-state index is 14.6. The van der Waals surface area contributed by atoms with Gasteiger partial charge in [-0.1, -0.05) is 54.6 Å². The average molecular weight is 493 g/mol. The number of carbonyl (C=O) groups is 2. The molecule has 0 aliphatic carbocycles. The molecule has 36 heavy (non-hydrogen) atoms. The van der Waals surface area contributed by atoms with Gasteiger partial charge >= 0.3 is 0 Å². The van der Waals surface area contributed by atoms with Gasteiger partial charge in [0, 0.05) is 31.5 Å². The second-order valence-electron chi connectivity index (χ2n) is 8.40. The van der Waals surface area contributed by atoms with Crippen LogP contribution in [-0.2, 0) is 29.0 Å². The van der Waals surface area contributed by atoms with Crippen LogP contribution in [0.5, 0.6) is 11.5 Å². The van der Waals surface area contributed by atoms with Gasteiger partial charge in [0.25, 0.3) is 0 Å². The minimum atomic E-state index is -0.787. The van der Waals surface area contributed by atoms with Crippen molar-refractivity contribution in [1.82, 2.24) is 10.2 Å². The minimum Gasteiger partial charge on any atom is -0.493 e. The van der Waals surface area contributed by atoms with Crippen LogP contribution in [0.1, 0.15) is 30.0 Å². The molecule has 3 aromatic rings. The van der Waals surface area contributed by atoms with Gasteiger partial charge in [-0.25, -0.2) is 4.39 Å². The van der Waals surface area contributed by atoms with Gasteiger partial charge < -0.3 is 19.7 Å². The Morgan fingerprint density at radius 3 is 2.28 bits per heavy atom. The summed E-state index contributed by atoms with van der Waals surface area (Å²) < 4.78 is 25.3. The molecule has 6 nitrogen and oxygen atoms in total. The van der Waals surface area contributed by atoms with E-state index in [-0.39, 0.29) is 24.8 Å². The van der Waals surface area contributed by atoms with Gasteiger partial charge in [-0.3, -0.25) is 9.59 Å². The van der Waals surface area contributed by atoms with Crippen molar-refractivity contribution in [3.05, 3.63) is 95.3 Å². The van der Waals surface area contributed by atoms with Crippen molar-refractivity contribution in [2.24, 2.45) is 0 Å². The first-order chi connectivity index (χ1) is 17.5. The van der Waals surface area contributed by atoms with Gasteiger partial charge in [0.2, 0.25) is 11.8 Å². The largest absolute Gasteiger partial charge is 0.493 e. The van der Waals surface area contributed by atoms with Crippen LogP contribution in [0.3, 0.4) is 0 Å². The number of likely N-dealkylation sites (N-methyl/N-ethyl adjacent to an activating group) is 1. The zero-order valence-corrected chi connectivity index (χ0v) is 21.0. The Bertz CT molecular complexity index is 1150. The molecular weight excluding hydrogens is 459 g/mol. The molecule has 1 N–H and O–H groups in total. The summed E-state index contributed by atoms with van der Waals surface area (Å²) in [6.45, 7) is 2.25. The molecule has 0 aliphatic rings. The van der Waals surface area contributed by atoms with E-state index in [0.29, 0.717) is 36.4 Å². The Hall–Kier alpha value is -3.87. The lowest BCUT2D eigenvalue weighted by Crippen LogP contribution is -2.50. The van der Waals surface area contributed by atoms with Crippen molar-refractivity contribution < 1.29 is 23.5 Å². The van der Waals surface area contributed by atoms with Crippen LogP contribution in [0.4, 0.5) is 4.39 Å². The monoisotopic (exact) mass is 492 g/mol. The molecule has 0 radical (unpaired) electrons. The van der Waals surface area contributed by atoms with E-state index in [1.165, 1.54) is 11.0 Å². The summed E-state index contributed by atoms with van der Waals surface area (Å²) in [7, 11) is 3.12. The summed E-state index contributed by atoms with van der Waals surface area (Å²) >= 11 is 0. The molecule has 2 amide bonds. The van der Waals surface area contributed by atoms with Gasteiger partial charge in [0.15, 0.2) is 11.5 Å². The van der Waals surface area contributed by atoms with Crippen molar-refractivity contribution in [2.75, 3.05) is 20.8 Å². The standard InChI is InChI=1S/C29H33FN2O4/c1-4-31-29(34)25(18-21-10-6-5-7-11-21)32(20-23-12-8-9-13-24(23)30)28(33)17-15-22-14-16-26(35-2)27(19-22)36-3/h5-14,16,19,25H,4,15,17-18,20H2,1-3H3,(H,31,34). The van der Waals surface area contributed by atoms with E-state index >= 15 is 0 Å². The molecular formula is C29H33FN2O4. The fourth-order valence-electron chi connectivity index (χ4n) is 4.09. The van der Waals surface area contributed by atoms with Crippen LogP contribution in [0, 0.1) is 5.82 Å². The Kier molecular flexibility index (Phi) is 9.86. The first kappa shape index (κ1) is 26.7. The van der Waals surface area contributed by atoms with Gasteiger partial charge in [0.1, 0.15) is 11.9 Å². The lowest BCUT2D eigenvalue weighted by atomic mass is 10.0. The molecule has 3 rings (SSSR count). The summed E-state index contributed by atoms with van der Waals surface area (Å²) in [6.07, 6.45) is 0.901. The van der Waals surface area contributed by atoms with Gasteiger partial charge in [-0.2, -0.15) is 0 Å². The van der Waals surface area contributed by atoms with Crippen molar-refractivity contribution in [3.63, 3.8) is 0 Å². The predicted octanol–water partition coefficient (Wildman–Crippen LogP) is 4.55. The molecule has 0 bridgehead atoms. The molecule has 190 valence electrons. The number of rotatable bonds is 12. The van der Waals surface area contributed by atoms with E-state index in [2.05, 4.69) is 5.32 Å². The minimum absolute atomic E-state index is 0.00786. The van der Waals surface area contributed by atoms with Crippen LogP contribution >= 0.6 is 0 Å². The number of nitrogens with zero attached hydrogens (tertiary/aromatic N) is 1. The van der Waals surface area contributed by atoms with Crippen LogP contribution in [0.15, 0.2) is 72.8 Å². The van der Waals surface area contributed by atoms with Crippen LogP contribution in [0.2, 0.25) is 0 Å². The summed E-state index contributed by atoms with van der Waals surface area (Å²) in [4.78, 5) is 28.3. The highest BCUT2D eigenvalue weighted by atomic mass is 19.1. The number of aryl methyl sites for hydroxylation is 1. The first-order valence-corrected chi connectivity index (χ1v) is 12.0. The molecule has 7 heteroatoms. The number of halogens is 1. The Morgan fingerprint density at radius 2 is 1.61 bits per heavy atom. The highest BCUT2D eigenvalue weighted by Crippen LogP contribution is 2.28. The Balaban J connectivity index is 1.89. The van der Waals surface area contributed by atoms with Crippen LogP contribution in [0.25, 0.3) is 0 Å². The zero-order valence-electron chi connectivity index (χ0n) is 21.0. The first-order valence-electron chi connectivity index (χ1n) is 12.0. The third-order valence-corrected chi connectivity index (χ3v) is 6.00. The molecule has 0 fully saturated rings. The van der Waals surface area contributed by atoms with E-state index in [4.69, 9.17) is 9.47 Å². The summed E-state index contributed by atoms with van der Waals surface area (Å²) in [6, 6.07) is 20.6. The molecule has 1 unspecified atom stereocenters. The summed E-state index contributed by atoms with van der Waals surface area (Å²) in [5.74, 6) is 0.268. The molecule has 0 aliphatic heterocycles. The summed E-state index contributed by atoms with van der Waals surface area (Å²) in [5.41, 5.74) is 2.17. The lowest BCUT2D eigenvalue weighted by molar-refractivity contribution is -0.141. The normalized spacial score (nSPS) is 11.4. The molecule has 0 heterocycles. The summed E-state index contributed by atoms with van der Waals surface area (Å²) in [5, 5.41) is 2.85. The predicted molar refractivity (Wildman–Crippen MR) is 137 cm³/mol. The van der Waals surface area contributed by atoms with Gasteiger partial charge in [-0.15, -0.1) is 0 Å². The SMILES string of the molecule is CCNC(=O)C(Cc1ccccc1)N(Cc1ccccc1F)C(=O)CCc1ccc(OC)c(OC)c1. The number of methoxy groups -OCH3 is 2. The van der Waals surface area contributed by atoms with Crippen molar-refractivity contribution in [3.8, 4) is 11.5 Å². The van der Waals surface area contributed by atoms with E-state index in [9.17, 15) is 14.0 Å². The highest BCUT2D eigenvalue weighted by molar-refractivity contribution is 5.88. The Labute approximate surface area is 212 Å². The number of hydrogen-bond donors (Lipinski definition) is 1. The second kappa shape index (κ2) is 13.3. The fourth-order valence-corrected chi connectivity index (χ4v) is 4.09. The zero-order chi connectivity index (χ0) is 25.9. The number of ether oxygens (including phenoxy) is 2. The van der Waals surface area contributed by atoms with E-state index in [1.54, 1.807) is 38.5 Å². The number of hydrogen-bond acceptors (Lipinski definition) is 4. The molecule has 0 aromatic heterocycles.